The Kier molecular flexibility index (Phi) is 5.72. The van der Waals surface area contributed by atoms with E-state index in [9.17, 15) is 9.59 Å². The lowest BCUT2D eigenvalue weighted by Crippen LogP contribution is -2.36. The van der Waals surface area contributed by atoms with Gasteiger partial charge in [-0.05, 0) is 55.8 Å². The van der Waals surface area contributed by atoms with E-state index in [1.54, 1.807) is 35.0 Å². The van der Waals surface area contributed by atoms with Crippen molar-refractivity contribution in [2.24, 2.45) is 0 Å². The van der Waals surface area contributed by atoms with Crippen LogP contribution >= 0.6 is 0 Å². The SMILES string of the molecule is Cc1c[nH]c(=O)n1-c1ccc(C(=O)NC(C)c2ccc(N3CCOCC3)cc2)cc1. The van der Waals surface area contributed by atoms with Crippen LogP contribution in [0.4, 0.5) is 5.69 Å². The first-order chi connectivity index (χ1) is 14.5. The number of hydrogen-bond acceptors (Lipinski definition) is 4. The summed E-state index contributed by atoms with van der Waals surface area (Å²) in [5, 5.41) is 3.04. The monoisotopic (exact) mass is 406 g/mol. The number of amides is 1. The summed E-state index contributed by atoms with van der Waals surface area (Å²) < 4.78 is 6.97. The molecule has 1 aliphatic heterocycles. The minimum absolute atomic E-state index is 0.120. The summed E-state index contributed by atoms with van der Waals surface area (Å²) in [5.41, 5.74) is 4.11. The molecule has 1 atom stereocenters. The summed E-state index contributed by atoms with van der Waals surface area (Å²) in [6.07, 6.45) is 1.66. The molecule has 1 aliphatic rings. The van der Waals surface area contributed by atoms with Crippen LogP contribution in [0, 0.1) is 6.92 Å². The van der Waals surface area contributed by atoms with Crippen LogP contribution in [0.25, 0.3) is 5.69 Å². The van der Waals surface area contributed by atoms with Crippen LogP contribution in [0.1, 0.15) is 34.6 Å². The molecule has 1 aromatic heterocycles. The van der Waals surface area contributed by atoms with Crippen LogP contribution in [0.15, 0.2) is 59.5 Å². The van der Waals surface area contributed by atoms with Crippen molar-refractivity contribution in [3.8, 4) is 5.69 Å². The number of hydrogen-bond donors (Lipinski definition) is 2. The standard InChI is InChI=1S/C23H26N4O3/c1-16-15-24-23(29)27(16)21-9-5-19(6-10-21)22(28)25-17(2)18-3-7-20(8-4-18)26-11-13-30-14-12-26/h3-10,15,17H,11-14H2,1-2H3,(H,24,29)(H,25,28). The van der Waals surface area contributed by atoms with Crippen molar-refractivity contribution in [3.63, 3.8) is 0 Å². The topological polar surface area (TPSA) is 79.4 Å². The third kappa shape index (κ3) is 4.16. The maximum atomic E-state index is 12.7. The second-order valence-electron chi connectivity index (χ2n) is 7.50. The highest BCUT2D eigenvalue weighted by atomic mass is 16.5. The summed E-state index contributed by atoms with van der Waals surface area (Å²) in [5.74, 6) is -0.149. The van der Waals surface area contributed by atoms with Crippen LogP contribution in [0.3, 0.4) is 0 Å². The smallest absolute Gasteiger partial charge is 0.330 e. The molecule has 1 amide bonds. The van der Waals surface area contributed by atoms with E-state index < -0.39 is 0 Å². The molecule has 2 N–H and O–H groups in total. The van der Waals surface area contributed by atoms with Gasteiger partial charge in [-0.3, -0.25) is 9.36 Å². The average Bonchev–Trinajstić information content (AvgIpc) is 3.12. The van der Waals surface area contributed by atoms with Gasteiger partial charge in [0.15, 0.2) is 0 Å². The fraction of sp³-hybridized carbons (Fsp3) is 0.304. The van der Waals surface area contributed by atoms with Gasteiger partial charge >= 0.3 is 5.69 Å². The van der Waals surface area contributed by atoms with Crippen LogP contribution < -0.4 is 15.9 Å². The van der Waals surface area contributed by atoms with Gasteiger partial charge in [0, 0.05) is 36.2 Å². The first-order valence-corrected chi connectivity index (χ1v) is 10.1. The predicted octanol–water partition coefficient (Wildman–Crippen LogP) is 2.80. The van der Waals surface area contributed by atoms with Crippen LogP contribution in [-0.2, 0) is 4.74 Å². The minimum Gasteiger partial charge on any atom is -0.378 e. The highest BCUT2D eigenvalue weighted by Crippen LogP contribution is 2.20. The van der Waals surface area contributed by atoms with Gasteiger partial charge in [-0.2, -0.15) is 0 Å². The number of rotatable bonds is 5. The van der Waals surface area contributed by atoms with Crippen LogP contribution in [0.5, 0.6) is 0 Å². The molecule has 156 valence electrons. The number of aromatic nitrogens is 2. The van der Waals surface area contributed by atoms with E-state index in [1.165, 1.54) is 5.69 Å². The number of aromatic amines is 1. The number of H-pyrrole nitrogens is 1. The van der Waals surface area contributed by atoms with Crippen molar-refractivity contribution in [3.05, 3.63) is 82.0 Å². The second kappa shape index (κ2) is 8.59. The first kappa shape index (κ1) is 20.0. The Hall–Kier alpha value is -3.32. The van der Waals surface area contributed by atoms with Crippen molar-refractivity contribution < 1.29 is 9.53 Å². The quantitative estimate of drug-likeness (QED) is 0.683. The summed E-state index contributed by atoms with van der Waals surface area (Å²) in [6, 6.07) is 15.2. The van der Waals surface area contributed by atoms with Crippen LogP contribution in [0.2, 0.25) is 0 Å². The summed E-state index contributed by atoms with van der Waals surface area (Å²) in [6.45, 7) is 7.13. The van der Waals surface area contributed by atoms with Gasteiger partial charge in [-0.25, -0.2) is 4.79 Å². The molecule has 2 heterocycles. The van der Waals surface area contributed by atoms with Crippen molar-refractivity contribution in [2.75, 3.05) is 31.2 Å². The van der Waals surface area contributed by atoms with Gasteiger partial charge in [0.1, 0.15) is 0 Å². The predicted molar refractivity (Wildman–Crippen MR) is 116 cm³/mol. The number of benzene rings is 2. The average molecular weight is 406 g/mol. The molecule has 7 heteroatoms. The molecule has 30 heavy (non-hydrogen) atoms. The van der Waals surface area contributed by atoms with E-state index in [0.717, 1.165) is 43.2 Å². The zero-order valence-electron chi connectivity index (χ0n) is 17.2. The van der Waals surface area contributed by atoms with Crippen LogP contribution in [-0.4, -0.2) is 41.8 Å². The highest BCUT2D eigenvalue weighted by molar-refractivity contribution is 5.94. The molecule has 1 unspecified atom stereocenters. The van der Waals surface area contributed by atoms with Crippen molar-refractivity contribution in [1.29, 1.82) is 0 Å². The third-order valence-corrected chi connectivity index (χ3v) is 5.46. The van der Waals surface area contributed by atoms with Crippen molar-refractivity contribution >= 4 is 11.6 Å². The summed E-state index contributed by atoms with van der Waals surface area (Å²) in [7, 11) is 0. The maximum absolute atomic E-state index is 12.7. The number of carbonyl (C=O) groups is 1. The van der Waals surface area contributed by atoms with E-state index in [1.807, 2.05) is 13.8 Å². The van der Waals surface area contributed by atoms with Gasteiger partial charge in [-0.1, -0.05) is 12.1 Å². The van der Waals surface area contributed by atoms with E-state index in [0.29, 0.717) is 5.56 Å². The number of imidazole rings is 1. The highest BCUT2D eigenvalue weighted by Gasteiger charge is 2.14. The zero-order chi connectivity index (χ0) is 21.1. The molecular weight excluding hydrogens is 380 g/mol. The number of carbonyl (C=O) groups excluding carboxylic acids is 1. The molecule has 7 nitrogen and oxygen atoms in total. The Morgan fingerprint density at radius 2 is 1.67 bits per heavy atom. The third-order valence-electron chi connectivity index (χ3n) is 5.46. The van der Waals surface area contributed by atoms with Gasteiger partial charge in [0.25, 0.3) is 5.91 Å². The molecule has 3 aromatic rings. The van der Waals surface area contributed by atoms with Gasteiger partial charge < -0.3 is 19.9 Å². The lowest BCUT2D eigenvalue weighted by molar-refractivity contribution is 0.0940. The molecule has 0 spiro atoms. The molecule has 1 saturated heterocycles. The Balaban J connectivity index is 1.41. The van der Waals surface area contributed by atoms with Gasteiger partial charge in [0.05, 0.1) is 24.9 Å². The Morgan fingerprint density at radius 3 is 2.27 bits per heavy atom. The number of anilines is 1. The lowest BCUT2D eigenvalue weighted by atomic mass is 10.1. The number of nitrogens with one attached hydrogen (secondary N) is 2. The van der Waals surface area contributed by atoms with Crippen molar-refractivity contribution in [1.82, 2.24) is 14.9 Å². The van der Waals surface area contributed by atoms with Gasteiger partial charge in [-0.15, -0.1) is 0 Å². The number of morpholine rings is 1. The van der Waals surface area contributed by atoms with E-state index in [2.05, 4.69) is 39.5 Å². The fourth-order valence-corrected chi connectivity index (χ4v) is 3.70. The number of ether oxygens (including phenoxy) is 1. The summed E-state index contributed by atoms with van der Waals surface area (Å²) >= 11 is 0. The maximum Gasteiger partial charge on any atom is 0.330 e. The number of nitrogens with zero attached hydrogens (tertiary/aromatic N) is 2. The molecular formula is C23H26N4O3. The summed E-state index contributed by atoms with van der Waals surface area (Å²) in [4.78, 5) is 29.5. The minimum atomic E-state index is -0.196. The molecule has 0 saturated carbocycles. The Bertz CT molecular complexity index is 1060. The van der Waals surface area contributed by atoms with E-state index >= 15 is 0 Å². The number of aryl methyl sites for hydroxylation is 1. The molecule has 0 radical (unpaired) electrons. The largest absolute Gasteiger partial charge is 0.378 e. The molecule has 0 aliphatic carbocycles. The molecule has 0 bridgehead atoms. The van der Waals surface area contributed by atoms with E-state index in [4.69, 9.17) is 4.74 Å². The van der Waals surface area contributed by atoms with Crippen molar-refractivity contribution in [2.45, 2.75) is 19.9 Å². The fourth-order valence-electron chi connectivity index (χ4n) is 3.70. The lowest BCUT2D eigenvalue weighted by Gasteiger charge is -2.29. The molecule has 2 aromatic carbocycles. The first-order valence-electron chi connectivity index (χ1n) is 10.1. The molecule has 4 rings (SSSR count). The Labute approximate surface area is 175 Å². The van der Waals surface area contributed by atoms with E-state index in [-0.39, 0.29) is 17.6 Å². The second-order valence-corrected chi connectivity index (χ2v) is 7.50. The normalized spacial score (nSPS) is 15.1. The zero-order valence-corrected chi connectivity index (χ0v) is 17.2. The van der Waals surface area contributed by atoms with Gasteiger partial charge in [0.2, 0.25) is 0 Å². The molecule has 1 fully saturated rings. The Morgan fingerprint density at radius 1 is 1.03 bits per heavy atom.